The van der Waals surface area contributed by atoms with Crippen molar-refractivity contribution < 1.29 is 9.67 Å². The number of rotatable bonds is 9. The van der Waals surface area contributed by atoms with Crippen LogP contribution in [0.25, 0.3) is 0 Å². The van der Waals surface area contributed by atoms with Crippen LogP contribution in [0, 0.1) is 0 Å². The fourth-order valence-electron chi connectivity index (χ4n) is 4.70. The molecule has 5 rings (SSSR count). The van der Waals surface area contributed by atoms with Crippen LogP contribution in [-0.4, -0.2) is 18.2 Å². The smallest absolute Gasteiger partial charge is 0.173 e. The van der Waals surface area contributed by atoms with Crippen LogP contribution in [0.3, 0.4) is 0 Å². The third kappa shape index (κ3) is 6.42. The van der Waals surface area contributed by atoms with Crippen molar-refractivity contribution in [3.05, 3.63) is 120 Å². The summed E-state index contributed by atoms with van der Waals surface area (Å²) in [5.74, 6) is 0.281. The number of anilines is 2. The highest BCUT2D eigenvalue weighted by atomic mass is 16.3. The summed E-state index contributed by atoms with van der Waals surface area (Å²) in [6.45, 7) is 4.02. The average molecular weight is 465 g/mol. The third-order valence-corrected chi connectivity index (χ3v) is 6.80. The molecule has 3 aromatic carbocycles. The van der Waals surface area contributed by atoms with Gasteiger partial charge in [0.05, 0.1) is 0 Å². The Bertz CT molecular complexity index is 1210. The lowest BCUT2D eigenvalue weighted by molar-refractivity contribution is -0.688. The first-order chi connectivity index (χ1) is 17.2. The van der Waals surface area contributed by atoms with Gasteiger partial charge in [0.15, 0.2) is 18.9 Å². The van der Waals surface area contributed by atoms with Gasteiger partial charge in [-0.2, -0.15) is 0 Å². The van der Waals surface area contributed by atoms with Crippen LogP contribution >= 0.6 is 0 Å². The van der Waals surface area contributed by atoms with Crippen molar-refractivity contribution in [2.45, 2.75) is 38.8 Å². The molecule has 4 nitrogen and oxygen atoms in total. The SMILES string of the molecule is Oc1cccc(NCc2ccc(CCc3ccc(C[n+]4ccc(N5CCCC5)cc4)cc3)cc2)c1. The van der Waals surface area contributed by atoms with Gasteiger partial charge in [-0.15, -0.1) is 0 Å². The van der Waals surface area contributed by atoms with Crippen molar-refractivity contribution in [2.75, 3.05) is 23.3 Å². The molecule has 0 atom stereocenters. The number of pyridine rings is 1. The summed E-state index contributed by atoms with van der Waals surface area (Å²) in [4.78, 5) is 2.47. The predicted molar refractivity (Wildman–Crippen MR) is 143 cm³/mol. The van der Waals surface area contributed by atoms with E-state index in [1.54, 1.807) is 12.1 Å². The van der Waals surface area contributed by atoms with Gasteiger partial charge in [-0.1, -0.05) is 54.6 Å². The molecule has 0 saturated carbocycles. The van der Waals surface area contributed by atoms with Crippen LogP contribution in [-0.2, 0) is 25.9 Å². The average Bonchev–Trinajstić information content (AvgIpc) is 3.43. The minimum atomic E-state index is 0.281. The van der Waals surface area contributed by atoms with Crippen molar-refractivity contribution in [1.82, 2.24) is 0 Å². The Kier molecular flexibility index (Phi) is 7.28. The quantitative estimate of drug-likeness (QED) is 0.311. The highest BCUT2D eigenvalue weighted by molar-refractivity contribution is 5.48. The molecular weight excluding hydrogens is 430 g/mol. The van der Waals surface area contributed by atoms with Crippen molar-refractivity contribution in [3.8, 4) is 5.75 Å². The van der Waals surface area contributed by atoms with E-state index in [4.69, 9.17) is 0 Å². The summed E-state index contributed by atoms with van der Waals surface area (Å²) in [6.07, 6.45) is 9.09. The summed E-state index contributed by atoms with van der Waals surface area (Å²) in [6, 6.07) is 29.6. The molecule has 0 bridgehead atoms. The van der Waals surface area contributed by atoms with Gasteiger partial charge >= 0.3 is 0 Å². The molecule has 2 N–H and O–H groups in total. The molecule has 35 heavy (non-hydrogen) atoms. The first-order valence-electron chi connectivity index (χ1n) is 12.6. The second-order valence-corrected chi connectivity index (χ2v) is 9.46. The first kappa shape index (κ1) is 23.0. The molecule has 1 aromatic heterocycles. The van der Waals surface area contributed by atoms with E-state index in [0.29, 0.717) is 0 Å². The van der Waals surface area contributed by atoms with Gasteiger partial charge in [0, 0.05) is 54.8 Å². The summed E-state index contributed by atoms with van der Waals surface area (Å²) >= 11 is 0. The number of nitrogens with one attached hydrogen (secondary N) is 1. The Balaban J connectivity index is 1.09. The number of aromatic nitrogens is 1. The topological polar surface area (TPSA) is 39.4 Å². The molecule has 1 aliphatic rings. The van der Waals surface area contributed by atoms with Crippen LogP contribution in [0.5, 0.6) is 5.75 Å². The lowest BCUT2D eigenvalue weighted by atomic mass is 10.0. The molecule has 4 aromatic rings. The van der Waals surface area contributed by atoms with E-state index in [0.717, 1.165) is 31.6 Å². The lowest BCUT2D eigenvalue weighted by Crippen LogP contribution is -2.33. The summed E-state index contributed by atoms with van der Waals surface area (Å²) in [5.41, 5.74) is 7.55. The Morgan fingerprint density at radius 2 is 1.31 bits per heavy atom. The maximum atomic E-state index is 9.58. The van der Waals surface area contributed by atoms with E-state index >= 15 is 0 Å². The van der Waals surface area contributed by atoms with Gasteiger partial charge < -0.3 is 15.3 Å². The third-order valence-electron chi connectivity index (χ3n) is 6.80. The fraction of sp³-hybridized carbons (Fsp3) is 0.258. The molecule has 0 aliphatic carbocycles. The van der Waals surface area contributed by atoms with Crippen LogP contribution in [0.1, 0.15) is 35.1 Å². The number of hydrogen-bond acceptors (Lipinski definition) is 3. The zero-order valence-electron chi connectivity index (χ0n) is 20.2. The standard InChI is InChI=1S/C31H33N3O/c35-31-5-3-4-29(22-31)32-23-27-12-8-25(9-13-27)6-7-26-10-14-28(15-11-26)24-33-20-16-30(17-21-33)34-18-1-2-19-34/h3-5,8-17,20-22,32H,1-2,6-7,18-19,23-24H2/p+1. The van der Waals surface area contributed by atoms with Crippen molar-refractivity contribution in [1.29, 1.82) is 0 Å². The Morgan fingerprint density at radius 1 is 0.714 bits per heavy atom. The lowest BCUT2D eigenvalue weighted by Gasteiger charge is -2.16. The van der Waals surface area contributed by atoms with Gasteiger partial charge in [-0.25, -0.2) is 4.57 Å². The van der Waals surface area contributed by atoms with E-state index in [-0.39, 0.29) is 5.75 Å². The Morgan fingerprint density at radius 3 is 1.94 bits per heavy atom. The van der Waals surface area contributed by atoms with Gasteiger partial charge in [0.2, 0.25) is 0 Å². The van der Waals surface area contributed by atoms with Crippen LogP contribution in [0.4, 0.5) is 11.4 Å². The van der Waals surface area contributed by atoms with Crippen molar-refractivity contribution in [3.63, 3.8) is 0 Å². The number of phenols is 1. The minimum absolute atomic E-state index is 0.281. The highest BCUT2D eigenvalue weighted by Crippen LogP contribution is 2.19. The number of benzene rings is 3. The summed E-state index contributed by atoms with van der Waals surface area (Å²) in [7, 11) is 0. The normalized spacial score (nSPS) is 13.2. The van der Waals surface area contributed by atoms with Crippen LogP contribution in [0.15, 0.2) is 97.3 Å². The molecule has 0 unspecified atom stereocenters. The molecule has 1 fully saturated rings. The molecule has 2 heterocycles. The van der Waals surface area contributed by atoms with Crippen molar-refractivity contribution in [2.24, 2.45) is 0 Å². The summed E-state index contributed by atoms with van der Waals surface area (Å²) in [5, 5.41) is 12.9. The van der Waals surface area contributed by atoms with E-state index in [1.165, 1.54) is 53.9 Å². The number of hydrogen-bond donors (Lipinski definition) is 2. The molecule has 0 spiro atoms. The van der Waals surface area contributed by atoms with E-state index in [1.807, 2.05) is 12.1 Å². The van der Waals surface area contributed by atoms with Crippen LogP contribution in [0.2, 0.25) is 0 Å². The van der Waals surface area contributed by atoms with E-state index in [9.17, 15) is 5.11 Å². The van der Waals surface area contributed by atoms with Gasteiger partial charge in [0.25, 0.3) is 0 Å². The predicted octanol–water partition coefficient (Wildman–Crippen LogP) is 5.73. The maximum absolute atomic E-state index is 9.58. The van der Waals surface area contributed by atoms with Crippen LogP contribution < -0.4 is 14.8 Å². The second-order valence-electron chi connectivity index (χ2n) is 9.46. The van der Waals surface area contributed by atoms with Gasteiger partial charge in [-0.3, -0.25) is 0 Å². The molecule has 4 heteroatoms. The Labute approximate surface area is 208 Å². The maximum Gasteiger partial charge on any atom is 0.173 e. The molecule has 1 aliphatic heterocycles. The Hall–Kier alpha value is -3.79. The number of aryl methyl sites for hydroxylation is 2. The molecule has 178 valence electrons. The number of nitrogens with zero attached hydrogens (tertiary/aromatic N) is 2. The largest absolute Gasteiger partial charge is 0.508 e. The van der Waals surface area contributed by atoms with Gasteiger partial charge in [-0.05, 0) is 54.5 Å². The monoisotopic (exact) mass is 464 g/mol. The minimum Gasteiger partial charge on any atom is -0.508 e. The second kappa shape index (κ2) is 11.1. The van der Waals surface area contributed by atoms with Crippen molar-refractivity contribution >= 4 is 11.4 Å². The van der Waals surface area contributed by atoms with E-state index < -0.39 is 0 Å². The molecule has 0 radical (unpaired) electrons. The first-order valence-corrected chi connectivity index (χ1v) is 12.6. The summed E-state index contributed by atoms with van der Waals surface area (Å²) < 4.78 is 2.26. The fourth-order valence-corrected chi connectivity index (χ4v) is 4.70. The zero-order valence-corrected chi connectivity index (χ0v) is 20.2. The zero-order chi connectivity index (χ0) is 23.9. The number of aromatic hydroxyl groups is 1. The molecular formula is C31H34N3O+. The number of phenolic OH excluding ortho intramolecular Hbond substituents is 1. The highest BCUT2D eigenvalue weighted by Gasteiger charge is 2.13. The van der Waals surface area contributed by atoms with Gasteiger partial charge in [0.1, 0.15) is 5.75 Å². The van der Waals surface area contributed by atoms with E-state index in [2.05, 4.69) is 87.8 Å². The molecule has 1 saturated heterocycles. The molecule has 0 amide bonds.